The third kappa shape index (κ3) is 3.59. The van der Waals surface area contributed by atoms with Crippen LogP contribution >= 0.6 is 0 Å². The standard InChI is InChI=1S/C14H22FN3O2S/c1-18(2)14(8-4-3-5-9-14)11-17-21(19,20)13-12(15)7-6-10-16-13/h6-7,10,17H,3-5,8-9,11H2,1-2H3. The van der Waals surface area contributed by atoms with E-state index in [0.717, 1.165) is 31.7 Å². The number of hydrogen-bond donors (Lipinski definition) is 1. The predicted molar refractivity (Wildman–Crippen MR) is 78.9 cm³/mol. The first kappa shape index (κ1) is 16.3. The summed E-state index contributed by atoms with van der Waals surface area (Å²) < 4.78 is 40.6. The van der Waals surface area contributed by atoms with Gasteiger partial charge in [-0.05, 0) is 39.1 Å². The van der Waals surface area contributed by atoms with Gasteiger partial charge in [0, 0.05) is 18.3 Å². The zero-order valence-electron chi connectivity index (χ0n) is 12.5. The summed E-state index contributed by atoms with van der Waals surface area (Å²) in [5.41, 5.74) is -0.198. The van der Waals surface area contributed by atoms with Gasteiger partial charge in [0.1, 0.15) is 0 Å². The summed E-state index contributed by atoms with van der Waals surface area (Å²) in [6.07, 6.45) is 6.49. The first-order chi connectivity index (χ1) is 9.87. The molecule has 0 atom stereocenters. The molecule has 7 heteroatoms. The van der Waals surface area contributed by atoms with Gasteiger partial charge in [-0.2, -0.15) is 0 Å². The maximum absolute atomic E-state index is 13.6. The van der Waals surface area contributed by atoms with E-state index in [2.05, 4.69) is 14.6 Å². The van der Waals surface area contributed by atoms with Gasteiger partial charge in [-0.3, -0.25) is 0 Å². The molecule has 1 heterocycles. The minimum absolute atomic E-state index is 0.198. The lowest BCUT2D eigenvalue weighted by Crippen LogP contribution is -2.53. The quantitative estimate of drug-likeness (QED) is 0.899. The van der Waals surface area contributed by atoms with Gasteiger partial charge < -0.3 is 4.90 Å². The van der Waals surface area contributed by atoms with E-state index < -0.39 is 20.9 Å². The molecule has 5 nitrogen and oxygen atoms in total. The molecule has 1 aliphatic rings. The van der Waals surface area contributed by atoms with Crippen molar-refractivity contribution in [3.05, 3.63) is 24.1 Å². The molecule has 1 aromatic rings. The number of pyridine rings is 1. The molecule has 0 bridgehead atoms. The molecule has 0 saturated heterocycles. The summed E-state index contributed by atoms with van der Waals surface area (Å²) in [7, 11) is -0.00616. The van der Waals surface area contributed by atoms with E-state index in [-0.39, 0.29) is 12.1 Å². The monoisotopic (exact) mass is 315 g/mol. The Kier molecular flexibility index (Phi) is 4.95. The zero-order chi connectivity index (χ0) is 15.5. The van der Waals surface area contributed by atoms with Crippen molar-refractivity contribution in [2.45, 2.75) is 42.7 Å². The number of nitrogens with one attached hydrogen (secondary N) is 1. The Balaban J connectivity index is 2.15. The minimum atomic E-state index is -3.92. The number of likely N-dealkylation sites (N-methyl/N-ethyl adjacent to an activating group) is 1. The third-order valence-electron chi connectivity index (χ3n) is 4.30. The molecule has 0 spiro atoms. The van der Waals surface area contributed by atoms with Crippen LogP contribution in [-0.2, 0) is 10.0 Å². The fourth-order valence-electron chi connectivity index (χ4n) is 2.86. The van der Waals surface area contributed by atoms with Crippen molar-refractivity contribution in [1.29, 1.82) is 0 Å². The topological polar surface area (TPSA) is 62.3 Å². The predicted octanol–water partition coefficient (Wildman–Crippen LogP) is 1.76. The molecule has 1 N–H and O–H groups in total. The van der Waals surface area contributed by atoms with Crippen molar-refractivity contribution in [3.8, 4) is 0 Å². The van der Waals surface area contributed by atoms with E-state index in [1.807, 2.05) is 14.1 Å². The molecule has 1 fully saturated rings. The maximum atomic E-state index is 13.6. The van der Waals surface area contributed by atoms with Crippen LogP contribution in [0.2, 0.25) is 0 Å². The number of aromatic nitrogens is 1. The van der Waals surface area contributed by atoms with Crippen LogP contribution in [0.3, 0.4) is 0 Å². The average molecular weight is 315 g/mol. The highest BCUT2D eigenvalue weighted by atomic mass is 32.2. The van der Waals surface area contributed by atoms with Crippen molar-refractivity contribution in [2.24, 2.45) is 0 Å². The molecule has 0 aromatic carbocycles. The number of sulfonamides is 1. The molecule has 0 amide bonds. The van der Waals surface area contributed by atoms with E-state index >= 15 is 0 Å². The SMILES string of the molecule is CN(C)C1(CNS(=O)(=O)c2ncccc2F)CCCCC1. The van der Waals surface area contributed by atoms with Crippen LogP contribution in [0.1, 0.15) is 32.1 Å². The number of rotatable bonds is 5. The van der Waals surface area contributed by atoms with Crippen LogP contribution in [0.15, 0.2) is 23.4 Å². The molecule has 21 heavy (non-hydrogen) atoms. The van der Waals surface area contributed by atoms with Crippen LogP contribution in [0.25, 0.3) is 0 Å². The van der Waals surface area contributed by atoms with Gasteiger partial charge in [-0.15, -0.1) is 0 Å². The second-order valence-corrected chi connectivity index (χ2v) is 7.48. The first-order valence-electron chi connectivity index (χ1n) is 7.15. The van der Waals surface area contributed by atoms with Crippen molar-refractivity contribution in [2.75, 3.05) is 20.6 Å². The lowest BCUT2D eigenvalue weighted by Gasteiger charge is -2.43. The molecular formula is C14H22FN3O2S. The maximum Gasteiger partial charge on any atom is 0.261 e. The number of nitrogens with zero attached hydrogens (tertiary/aromatic N) is 2. The molecule has 1 saturated carbocycles. The summed E-state index contributed by atoms with van der Waals surface area (Å²) in [4.78, 5) is 5.72. The number of hydrogen-bond acceptors (Lipinski definition) is 4. The molecule has 1 aromatic heterocycles. The summed E-state index contributed by atoms with van der Waals surface area (Å²) in [5, 5.41) is -0.533. The second-order valence-electron chi connectivity index (χ2n) is 5.79. The molecule has 0 radical (unpaired) electrons. The zero-order valence-corrected chi connectivity index (χ0v) is 13.3. The molecular weight excluding hydrogens is 293 g/mol. The van der Waals surface area contributed by atoms with E-state index in [0.29, 0.717) is 0 Å². The van der Waals surface area contributed by atoms with Gasteiger partial charge in [0.25, 0.3) is 10.0 Å². The Labute approximate surface area is 125 Å². The van der Waals surface area contributed by atoms with Crippen LogP contribution in [0, 0.1) is 5.82 Å². The molecule has 2 rings (SSSR count). The Hall–Kier alpha value is -1.05. The summed E-state index contributed by atoms with van der Waals surface area (Å²) >= 11 is 0. The fraction of sp³-hybridized carbons (Fsp3) is 0.643. The lowest BCUT2D eigenvalue weighted by atomic mass is 9.81. The smallest absolute Gasteiger partial charge is 0.261 e. The van der Waals surface area contributed by atoms with E-state index in [1.54, 1.807) is 0 Å². The molecule has 118 valence electrons. The lowest BCUT2D eigenvalue weighted by molar-refractivity contribution is 0.105. The van der Waals surface area contributed by atoms with Gasteiger partial charge in [-0.1, -0.05) is 19.3 Å². The third-order valence-corrected chi connectivity index (χ3v) is 5.64. The highest BCUT2D eigenvalue weighted by molar-refractivity contribution is 7.89. The van der Waals surface area contributed by atoms with Crippen LogP contribution in [0.5, 0.6) is 0 Å². The van der Waals surface area contributed by atoms with Gasteiger partial charge in [0.05, 0.1) is 0 Å². The summed E-state index contributed by atoms with van der Waals surface area (Å²) in [5.74, 6) is -0.826. The van der Waals surface area contributed by atoms with Crippen molar-refractivity contribution in [3.63, 3.8) is 0 Å². The fourth-order valence-corrected chi connectivity index (χ4v) is 3.98. The Morgan fingerprint density at radius 1 is 1.33 bits per heavy atom. The number of halogens is 1. The molecule has 0 unspecified atom stereocenters. The minimum Gasteiger partial charge on any atom is -0.302 e. The van der Waals surface area contributed by atoms with Crippen molar-refractivity contribution < 1.29 is 12.8 Å². The largest absolute Gasteiger partial charge is 0.302 e. The van der Waals surface area contributed by atoms with Crippen molar-refractivity contribution >= 4 is 10.0 Å². The van der Waals surface area contributed by atoms with Gasteiger partial charge >= 0.3 is 0 Å². The highest BCUT2D eigenvalue weighted by Crippen LogP contribution is 2.32. The van der Waals surface area contributed by atoms with Gasteiger partial charge in [-0.25, -0.2) is 22.5 Å². The van der Waals surface area contributed by atoms with Crippen LogP contribution in [0.4, 0.5) is 4.39 Å². The van der Waals surface area contributed by atoms with Gasteiger partial charge in [0.2, 0.25) is 5.03 Å². The highest BCUT2D eigenvalue weighted by Gasteiger charge is 2.36. The Bertz CT molecular complexity index is 584. The Morgan fingerprint density at radius 2 is 2.00 bits per heavy atom. The summed E-state index contributed by atoms with van der Waals surface area (Å²) in [6.45, 7) is 0.276. The van der Waals surface area contributed by atoms with E-state index in [9.17, 15) is 12.8 Å². The van der Waals surface area contributed by atoms with Crippen LogP contribution in [-0.4, -0.2) is 44.5 Å². The summed E-state index contributed by atoms with van der Waals surface area (Å²) in [6, 6.07) is 2.47. The van der Waals surface area contributed by atoms with Gasteiger partial charge in [0.15, 0.2) is 5.82 Å². The van der Waals surface area contributed by atoms with Crippen LogP contribution < -0.4 is 4.72 Å². The van der Waals surface area contributed by atoms with E-state index in [4.69, 9.17) is 0 Å². The Morgan fingerprint density at radius 3 is 2.57 bits per heavy atom. The van der Waals surface area contributed by atoms with E-state index in [1.165, 1.54) is 18.7 Å². The van der Waals surface area contributed by atoms with Crippen molar-refractivity contribution in [1.82, 2.24) is 14.6 Å². The average Bonchev–Trinajstić information content (AvgIpc) is 2.46. The molecule has 1 aliphatic carbocycles. The normalized spacial score (nSPS) is 18.9. The molecule has 0 aliphatic heterocycles. The second kappa shape index (κ2) is 6.37. The first-order valence-corrected chi connectivity index (χ1v) is 8.63.